The summed E-state index contributed by atoms with van der Waals surface area (Å²) < 4.78 is 15.1. The molecule has 2 atom stereocenters. The number of benzene rings is 2. The molecule has 2 aromatic rings. The SMILES string of the molecule is COCOC(N)c1ccc(CCC(=O)OC)c(C(=O)CC(CC(C)C)c2ccccc2)c1. The summed E-state index contributed by atoms with van der Waals surface area (Å²) in [6, 6.07) is 15.6. The van der Waals surface area contributed by atoms with Crippen LogP contribution in [0.15, 0.2) is 48.5 Å². The molecule has 0 radical (unpaired) electrons. The van der Waals surface area contributed by atoms with Crippen molar-refractivity contribution >= 4 is 11.8 Å². The van der Waals surface area contributed by atoms with Crippen LogP contribution in [0.2, 0.25) is 0 Å². The summed E-state index contributed by atoms with van der Waals surface area (Å²) in [5.41, 5.74) is 9.34. The highest BCUT2D eigenvalue weighted by molar-refractivity contribution is 5.98. The first-order valence-electron chi connectivity index (χ1n) is 11.0. The summed E-state index contributed by atoms with van der Waals surface area (Å²) in [5, 5.41) is 0. The molecule has 2 unspecified atom stereocenters. The molecule has 2 aromatic carbocycles. The lowest BCUT2D eigenvalue weighted by Crippen LogP contribution is -2.18. The van der Waals surface area contributed by atoms with E-state index in [9.17, 15) is 9.59 Å². The molecule has 0 amide bonds. The highest BCUT2D eigenvalue weighted by Gasteiger charge is 2.22. The van der Waals surface area contributed by atoms with Gasteiger partial charge in [0.1, 0.15) is 13.0 Å². The lowest BCUT2D eigenvalue weighted by atomic mass is 9.84. The fraction of sp³-hybridized carbons (Fsp3) is 0.462. The van der Waals surface area contributed by atoms with Gasteiger partial charge in [-0.15, -0.1) is 0 Å². The highest BCUT2D eigenvalue weighted by atomic mass is 16.7. The van der Waals surface area contributed by atoms with Gasteiger partial charge < -0.3 is 19.9 Å². The Hall–Kier alpha value is -2.54. The highest BCUT2D eigenvalue weighted by Crippen LogP contribution is 2.30. The summed E-state index contributed by atoms with van der Waals surface area (Å²) in [6.45, 7) is 4.38. The maximum Gasteiger partial charge on any atom is 0.305 e. The lowest BCUT2D eigenvalue weighted by Gasteiger charge is -2.21. The van der Waals surface area contributed by atoms with Crippen molar-refractivity contribution in [1.29, 1.82) is 0 Å². The fourth-order valence-electron chi connectivity index (χ4n) is 3.79. The molecular formula is C26H35NO5. The Labute approximate surface area is 191 Å². The van der Waals surface area contributed by atoms with E-state index in [0.717, 1.165) is 17.5 Å². The Kier molecular flexibility index (Phi) is 10.5. The Morgan fingerprint density at radius 2 is 1.72 bits per heavy atom. The number of Topliss-reactive ketones (excluding diaryl/α,β-unsaturated/α-hetero) is 1. The van der Waals surface area contributed by atoms with Gasteiger partial charge in [-0.3, -0.25) is 9.59 Å². The number of ketones is 1. The molecule has 174 valence electrons. The second-order valence-electron chi connectivity index (χ2n) is 8.35. The summed E-state index contributed by atoms with van der Waals surface area (Å²) in [7, 11) is 2.88. The first-order chi connectivity index (χ1) is 15.3. The number of methoxy groups -OCH3 is 2. The molecule has 0 aliphatic rings. The molecule has 32 heavy (non-hydrogen) atoms. The minimum atomic E-state index is -0.711. The molecule has 0 fully saturated rings. The van der Waals surface area contributed by atoms with Crippen LogP contribution >= 0.6 is 0 Å². The van der Waals surface area contributed by atoms with Crippen molar-refractivity contribution in [3.8, 4) is 0 Å². The molecule has 0 heterocycles. The number of hydrogen-bond acceptors (Lipinski definition) is 6. The van der Waals surface area contributed by atoms with Crippen molar-refractivity contribution in [3.05, 3.63) is 70.8 Å². The Morgan fingerprint density at radius 1 is 1.00 bits per heavy atom. The van der Waals surface area contributed by atoms with Gasteiger partial charge in [0.05, 0.1) is 7.11 Å². The van der Waals surface area contributed by atoms with Crippen molar-refractivity contribution < 1.29 is 23.8 Å². The molecule has 0 aliphatic heterocycles. The van der Waals surface area contributed by atoms with E-state index in [1.807, 2.05) is 30.3 Å². The maximum atomic E-state index is 13.5. The van der Waals surface area contributed by atoms with Crippen LogP contribution in [0.1, 0.15) is 72.3 Å². The lowest BCUT2D eigenvalue weighted by molar-refractivity contribution is -0.140. The number of carbonyl (C=O) groups excluding carboxylic acids is 2. The van der Waals surface area contributed by atoms with Gasteiger partial charge in [0.2, 0.25) is 0 Å². The van der Waals surface area contributed by atoms with Gasteiger partial charge in [-0.25, -0.2) is 0 Å². The number of hydrogen-bond donors (Lipinski definition) is 1. The van der Waals surface area contributed by atoms with Gasteiger partial charge in [-0.2, -0.15) is 0 Å². The topological polar surface area (TPSA) is 87.8 Å². The van der Waals surface area contributed by atoms with Crippen LogP contribution in [-0.2, 0) is 25.4 Å². The van der Waals surface area contributed by atoms with Gasteiger partial charge in [0.25, 0.3) is 0 Å². The molecule has 0 aliphatic carbocycles. The second kappa shape index (κ2) is 13.1. The van der Waals surface area contributed by atoms with E-state index in [4.69, 9.17) is 19.9 Å². The zero-order valence-electron chi connectivity index (χ0n) is 19.5. The average Bonchev–Trinajstić information content (AvgIpc) is 2.80. The number of rotatable bonds is 13. The minimum Gasteiger partial charge on any atom is -0.469 e. The molecule has 0 bridgehead atoms. The Morgan fingerprint density at radius 3 is 2.34 bits per heavy atom. The molecular weight excluding hydrogens is 406 g/mol. The second-order valence-corrected chi connectivity index (χ2v) is 8.35. The quantitative estimate of drug-likeness (QED) is 0.274. The van der Waals surface area contributed by atoms with Crippen molar-refractivity contribution in [3.63, 3.8) is 0 Å². The van der Waals surface area contributed by atoms with E-state index in [1.54, 1.807) is 6.07 Å². The number of nitrogens with two attached hydrogens (primary N) is 1. The van der Waals surface area contributed by atoms with Crippen LogP contribution in [0, 0.1) is 5.92 Å². The third-order valence-electron chi connectivity index (χ3n) is 5.41. The van der Waals surface area contributed by atoms with E-state index in [-0.39, 0.29) is 30.9 Å². The third-order valence-corrected chi connectivity index (χ3v) is 5.41. The van der Waals surface area contributed by atoms with Crippen molar-refractivity contribution in [1.82, 2.24) is 0 Å². The van der Waals surface area contributed by atoms with Gasteiger partial charge in [-0.1, -0.05) is 56.3 Å². The predicted molar refractivity (Wildman–Crippen MR) is 124 cm³/mol. The Balaban J connectivity index is 2.33. The normalized spacial score (nSPS) is 13.1. The number of carbonyl (C=O) groups is 2. The average molecular weight is 442 g/mol. The van der Waals surface area contributed by atoms with Gasteiger partial charge >= 0.3 is 5.97 Å². The largest absolute Gasteiger partial charge is 0.469 e. The van der Waals surface area contributed by atoms with E-state index in [0.29, 0.717) is 29.9 Å². The van der Waals surface area contributed by atoms with E-state index in [2.05, 4.69) is 26.0 Å². The molecule has 6 heteroatoms. The minimum absolute atomic E-state index is 0.0279. The van der Waals surface area contributed by atoms with Crippen molar-refractivity contribution in [2.24, 2.45) is 11.7 Å². The van der Waals surface area contributed by atoms with Crippen molar-refractivity contribution in [2.45, 2.75) is 51.7 Å². The zero-order chi connectivity index (χ0) is 23.5. The van der Waals surface area contributed by atoms with Gasteiger partial charge in [0, 0.05) is 25.5 Å². The monoisotopic (exact) mass is 441 g/mol. The maximum absolute atomic E-state index is 13.5. The van der Waals surface area contributed by atoms with Crippen LogP contribution in [0.5, 0.6) is 0 Å². The number of aryl methyl sites for hydroxylation is 1. The number of ether oxygens (including phenoxy) is 3. The number of esters is 1. The standard InChI is InChI=1S/C26H35NO5/c1-18(2)14-22(19-8-6-5-7-9-19)16-24(28)23-15-21(26(27)32-17-30-3)11-10-20(23)12-13-25(29)31-4/h5-11,15,18,22,26H,12-14,16-17,27H2,1-4H3. The van der Waals surface area contributed by atoms with Crippen LogP contribution < -0.4 is 5.73 Å². The summed E-state index contributed by atoms with van der Waals surface area (Å²) >= 11 is 0. The summed E-state index contributed by atoms with van der Waals surface area (Å²) in [4.78, 5) is 25.2. The summed E-state index contributed by atoms with van der Waals surface area (Å²) in [6.07, 6.45) is 1.20. The van der Waals surface area contributed by atoms with Crippen molar-refractivity contribution in [2.75, 3.05) is 21.0 Å². The molecule has 2 N–H and O–H groups in total. The molecule has 2 rings (SSSR count). The Bertz CT molecular complexity index is 866. The van der Waals surface area contributed by atoms with Crippen LogP contribution in [-0.4, -0.2) is 32.8 Å². The third kappa shape index (κ3) is 7.86. The summed E-state index contributed by atoms with van der Waals surface area (Å²) in [5.74, 6) is 0.281. The first kappa shape index (κ1) is 25.7. The molecule has 6 nitrogen and oxygen atoms in total. The zero-order valence-corrected chi connectivity index (χ0v) is 19.5. The van der Waals surface area contributed by atoms with Gasteiger partial charge in [-0.05, 0) is 47.4 Å². The predicted octanol–water partition coefficient (Wildman–Crippen LogP) is 4.77. The molecule has 0 saturated heterocycles. The smallest absolute Gasteiger partial charge is 0.305 e. The van der Waals surface area contributed by atoms with Crippen LogP contribution in [0.25, 0.3) is 0 Å². The van der Waals surface area contributed by atoms with Gasteiger partial charge in [0.15, 0.2) is 5.78 Å². The van der Waals surface area contributed by atoms with Crippen LogP contribution in [0.4, 0.5) is 0 Å². The van der Waals surface area contributed by atoms with E-state index >= 15 is 0 Å². The van der Waals surface area contributed by atoms with E-state index in [1.165, 1.54) is 14.2 Å². The van der Waals surface area contributed by atoms with Crippen LogP contribution in [0.3, 0.4) is 0 Å². The molecule has 0 aromatic heterocycles. The molecule has 0 saturated carbocycles. The van der Waals surface area contributed by atoms with E-state index < -0.39 is 6.23 Å². The first-order valence-corrected chi connectivity index (χ1v) is 11.0. The fourth-order valence-corrected chi connectivity index (χ4v) is 3.79. The molecule has 0 spiro atoms.